The fourth-order valence-corrected chi connectivity index (χ4v) is 7.06. The Labute approximate surface area is 162 Å². The van der Waals surface area contributed by atoms with E-state index in [1.54, 1.807) is 0 Å². The molecule has 5 rings (SSSR count). The summed E-state index contributed by atoms with van der Waals surface area (Å²) in [5.41, 5.74) is 4.42. The molecule has 4 nitrogen and oxygen atoms in total. The molecule has 2 fully saturated rings. The standard InChI is InChI=1S/C23H31N3O/c1-15-13-26(14-25-15)20-7-6-18-17-5-4-16-12-21(27)24-11-10-22(16,2)19(17)8-9-23(18,20)3/h7,12-14,17-19H,4-6,8-11H2,1-3H3,(H,24,27)/t17-,18-,19?,22-,23-/m0/s1. The van der Waals surface area contributed by atoms with Crippen LogP contribution in [0, 0.1) is 35.5 Å². The lowest BCUT2D eigenvalue weighted by molar-refractivity contribution is -0.116. The van der Waals surface area contributed by atoms with E-state index in [0.29, 0.717) is 5.92 Å². The van der Waals surface area contributed by atoms with Gasteiger partial charge in [0.15, 0.2) is 0 Å². The first-order valence-corrected chi connectivity index (χ1v) is 10.6. The highest BCUT2D eigenvalue weighted by molar-refractivity contribution is 5.88. The molecule has 0 radical (unpaired) electrons. The number of fused-ring (bicyclic) bond motifs is 5. The van der Waals surface area contributed by atoms with Crippen LogP contribution in [-0.2, 0) is 4.79 Å². The van der Waals surface area contributed by atoms with E-state index < -0.39 is 0 Å². The molecule has 4 aliphatic rings. The molecule has 2 heterocycles. The van der Waals surface area contributed by atoms with Crippen molar-refractivity contribution in [1.29, 1.82) is 0 Å². The van der Waals surface area contributed by atoms with Crippen LogP contribution in [0.4, 0.5) is 0 Å². The third-order valence-electron chi connectivity index (χ3n) is 8.51. The van der Waals surface area contributed by atoms with Crippen molar-refractivity contribution in [1.82, 2.24) is 14.9 Å². The summed E-state index contributed by atoms with van der Waals surface area (Å²) in [6.07, 6.45) is 15.7. The van der Waals surface area contributed by atoms with Crippen molar-refractivity contribution in [3.63, 3.8) is 0 Å². The van der Waals surface area contributed by atoms with E-state index in [-0.39, 0.29) is 16.7 Å². The molecule has 5 atom stereocenters. The summed E-state index contributed by atoms with van der Waals surface area (Å²) in [6.45, 7) is 7.83. The Morgan fingerprint density at radius 1 is 1.19 bits per heavy atom. The summed E-state index contributed by atoms with van der Waals surface area (Å²) in [5.74, 6) is 2.31. The van der Waals surface area contributed by atoms with Crippen molar-refractivity contribution >= 4 is 11.6 Å². The second-order valence-corrected chi connectivity index (χ2v) is 9.75. The van der Waals surface area contributed by atoms with Crippen LogP contribution in [0.3, 0.4) is 0 Å². The molecule has 0 bridgehead atoms. The Bertz CT molecular complexity index is 850. The zero-order chi connectivity index (χ0) is 18.8. The van der Waals surface area contributed by atoms with Crippen LogP contribution in [0.15, 0.2) is 30.2 Å². The second-order valence-electron chi connectivity index (χ2n) is 9.75. The molecule has 0 aromatic carbocycles. The van der Waals surface area contributed by atoms with Gasteiger partial charge in [0.25, 0.3) is 0 Å². The minimum Gasteiger partial charge on any atom is -0.353 e. The van der Waals surface area contributed by atoms with Crippen LogP contribution < -0.4 is 5.32 Å². The summed E-state index contributed by atoms with van der Waals surface area (Å²) < 4.78 is 2.28. The maximum atomic E-state index is 12.1. The number of rotatable bonds is 1. The molecule has 1 aliphatic heterocycles. The normalized spacial score (nSPS) is 40.9. The van der Waals surface area contributed by atoms with Crippen LogP contribution in [0.2, 0.25) is 0 Å². The van der Waals surface area contributed by atoms with E-state index in [4.69, 9.17) is 0 Å². The number of carbonyl (C=O) groups excluding carboxylic acids is 1. The van der Waals surface area contributed by atoms with Crippen molar-refractivity contribution in [3.05, 3.63) is 35.9 Å². The van der Waals surface area contributed by atoms with Gasteiger partial charge in [0.05, 0.1) is 12.0 Å². The third kappa shape index (κ3) is 2.41. The van der Waals surface area contributed by atoms with E-state index in [2.05, 4.69) is 47.9 Å². The van der Waals surface area contributed by atoms with Gasteiger partial charge in [-0.3, -0.25) is 4.79 Å². The lowest BCUT2D eigenvalue weighted by atomic mass is 9.48. The summed E-state index contributed by atoms with van der Waals surface area (Å²) in [4.78, 5) is 16.5. The van der Waals surface area contributed by atoms with Crippen LogP contribution in [0.25, 0.3) is 5.70 Å². The van der Waals surface area contributed by atoms with Crippen LogP contribution in [0.5, 0.6) is 0 Å². The highest BCUT2D eigenvalue weighted by Gasteiger charge is 2.57. The van der Waals surface area contributed by atoms with E-state index in [0.717, 1.165) is 36.9 Å². The molecular weight excluding hydrogens is 334 g/mol. The third-order valence-corrected chi connectivity index (χ3v) is 8.51. The number of allylic oxidation sites excluding steroid dienone is 3. The van der Waals surface area contributed by atoms with Gasteiger partial charge >= 0.3 is 0 Å². The molecule has 1 unspecified atom stereocenters. The molecule has 0 saturated heterocycles. The van der Waals surface area contributed by atoms with Gasteiger partial charge in [-0.05, 0) is 68.6 Å². The first-order valence-electron chi connectivity index (χ1n) is 10.6. The predicted molar refractivity (Wildman–Crippen MR) is 107 cm³/mol. The maximum Gasteiger partial charge on any atom is 0.243 e. The molecule has 1 aromatic heterocycles. The minimum atomic E-state index is 0.119. The topological polar surface area (TPSA) is 46.9 Å². The number of aryl methyl sites for hydroxylation is 1. The number of hydrogen-bond donors (Lipinski definition) is 1. The van der Waals surface area contributed by atoms with Gasteiger partial charge in [0.2, 0.25) is 5.91 Å². The fourth-order valence-electron chi connectivity index (χ4n) is 7.06. The quantitative estimate of drug-likeness (QED) is 0.805. The summed E-state index contributed by atoms with van der Waals surface area (Å²) in [6, 6.07) is 0. The number of carbonyl (C=O) groups is 1. The average Bonchev–Trinajstić information content (AvgIpc) is 3.15. The van der Waals surface area contributed by atoms with Crippen LogP contribution in [0.1, 0.15) is 58.1 Å². The lowest BCUT2D eigenvalue weighted by Gasteiger charge is -2.56. The van der Waals surface area contributed by atoms with E-state index in [1.807, 2.05) is 12.4 Å². The van der Waals surface area contributed by atoms with Crippen molar-refractivity contribution in [2.75, 3.05) is 6.54 Å². The van der Waals surface area contributed by atoms with Gasteiger partial charge < -0.3 is 9.88 Å². The Kier molecular flexibility index (Phi) is 3.73. The van der Waals surface area contributed by atoms with E-state index in [1.165, 1.54) is 37.0 Å². The molecule has 0 spiro atoms. The lowest BCUT2D eigenvalue weighted by Crippen LogP contribution is -2.49. The van der Waals surface area contributed by atoms with Crippen molar-refractivity contribution in [2.24, 2.45) is 28.6 Å². The van der Waals surface area contributed by atoms with Gasteiger partial charge in [0, 0.05) is 29.9 Å². The predicted octanol–water partition coefficient (Wildman–Crippen LogP) is 4.33. The van der Waals surface area contributed by atoms with Crippen molar-refractivity contribution in [2.45, 2.75) is 59.3 Å². The molecule has 3 aliphatic carbocycles. The first-order chi connectivity index (χ1) is 12.9. The number of aromatic nitrogens is 2. The number of nitrogens with zero attached hydrogens (tertiary/aromatic N) is 2. The summed E-state index contributed by atoms with van der Waals surface area (Å²) in [7, 11) is 0. The molecular formula is C23H31N3O. The fraction of sp³-hybridized carbons (Fsp3) is 0.652. The second kappa shape index (κ2) is 5.83. The highest BCUT2D eigenvalue weighted by Crippen LogP contribution is 2.65. The Balaban J connectivity index is 1.48. The van der Waals surface area contributed by atoms with E-state index in [9.17, 15) is 4.79 Å². The SMILES string of the molecule is Cc1cn(C2=CC[C@H]3[C@@H]4CCC5=CC(=O)NCC[C@]5(C)C4CC[C@]23C)cn1. The van der Waals surface area contributed by atoms with Gasteiger partial charge in [0.1, 0.15) is 0 Å². The van der Waals surface area contributed by atoms with Gasteiger partial charge in [-0.25, -0.2) is 4.98 Å². The average molecular weight is 366 g/mol. The summed E-state index contributed by atoms with van der Waals surface area (Å²) in [5, 5.41) is 3.07. The number of hydrogen-bond acceptors (Lipinski definition) is 2. The Hall–Kier alpha value is -1.84. The number of amides is 1. The molecule has 2 saturated carbocycles. The van der Waals surface area contributed by atoms with Crippen molar-refractivity contribution in [3.8, 4) is 0 Å². The van der Waals surface area contributed by atoms with E-state index >= 15 is 0 Å². The zero-order valence-corrected chi connectivity index (χ0v) is 16.8. The monoisotopic (exact) mass is 365 g/mol. The van der Waals surface area contributed by atoms with Crippen molar-refractivity contribution < 1.29 is 4.79 Å². The number of imidazole rings is 1. The largest absolute Gasteiger partial charge is 0.353 e. The Morgan fingerprint density at radius 2 is 2.04 bits per heavy atom. The number of nitrogens with one attached hydrogen (secondary N) is 1. The first kappa shape index (κ1) is 17.3. The van der Waals surface area contributed by atoms with Gasteiger partial charge in [-0.15, -0.1) is 0 Å². The molecule has 1 aromatic rings. The maximum absolute atomic E-state index is 12.1. The Morgan fingerprint density at radius 3 is 2.81 bits per heavy atom. The van der Waals surface area contributed by atoms with Crippen LogP contribution >= 0.6 is 0 Å². The molecule has 4 heteroatoms. The molecule has 144 valence electrons. The van der Waals surface area contributed by atoms with Gasteiger partial charge in [-0.2, -0.15) is 0 Å². The van der Waals surface area contributed by atoms with Gasteiger partial charge in [-0.1, -0.05) is 25.5 Å². The smallest absolute Gasteiger partial charge is 0.243 e. The summed E-state index contributed by atoms with van der Waals surface area (Å²) >= 11 is 0. The molecule has 1 amide bonds. The zero-order valence-electron chi connectivity index (χ0n) is 16.8. The molecule has 1 N–H and O–H groups in total. The molecule has 27 heavy (non-hydrogen) atoms. The highest BCUT2D eigenvalue weighted by atomic mass is 16.1. The minimum absolute atomic E-state index is 0.119. The van der Waals surface area contributed by atoms with Crippen LogP contribution in [-0.4, -0.2) is 22.0 Å².